The molecule has 6 heteroatoms. The van der Waals surface area contributed by atoms with Crippen molar-refractivity contribution in [2.75, 3.05) is 33.9 Å². The van der Waals surface area contributed by atoms with Crippen LogP contribution in [0.3, 0.4) is 0 Å². The first-order chi connectivity index (χ1) is 13.6. The molecule has 0 aromatic heterocycles. The van der Waals surface area contributed by atoms with Gasteiger partial charge in [0.05, 0.1) is 20.8 Å². The van der Waals surface area contributed by atoms with Gasteiger partial charge in [0.15, 0.2) is 29.1 Å². The molecule has 1 amide bonds. The highest BCUT2D eigenvalue weighted by Crippen LogP contribution is 2.31. The van der Waals surface area contributed by atoms with Gasteiger partial charge in [-0.1, -0.05) is 18.2 Å². The lowest BCUT2D eigenvalue weighted by atomic mass is 10.1. The number of ether oxygens (including phenoxy) is 4. The summed E-state index contributed by atoms with van der Waals surface area (Å²) < 4.78 is 22.3. The lowest BCUT2D eigenvalue weighted by molar-refractivity contribution is -0.132. The number of hydrogen-bond donors (Lipinski definition) is 0. The number of benzene rings is 2. The topological polar surface area (TPSA) is 57.2 Å². The van der Waals surface area contributed by atoms with E-state index in [-0.39, 0.29) is 12.0 Å². The lowest BCUT2D eigenvalue weighted by Crippen LogP contribution is -2.43. The minimum absolute atomic E-state index is 0.0970. The molecule has 150 valence electrons. The minimum Gasteiger partial charge on any atom is -0.493 e. The number of carbonyl (C=O) groups excluding carboxylic acids is 1. The van der Waals surface area contributed by atoms with E-state index in [4.69, 9.17) is 18.9 Å². The standard InChI is InChI=1S/C22H27NO5/c1-4-23(14-17-15-27-19-7-5-6-8-20(19)28-17)22(24)12-10-16-9-11-18(25-2)21(13-16)26-3/h5-9,11,13,17H,4,10,12,14-15H2,1-3H3. The van der Waals surface area contributed by atoms with Crippen LogP contribution in [0.2, 0.25) is 0 Å². The maximum atomic E-state index is 12.7. The van der Waals surface area contributed by atoms with Crippen molar-refractivity contribution in [1.29, 1.82) is 0 Å². The number of rotatable bonds is 8. The molecular weight excluding hydrogens is 358 g/mol. The van der Waals surface area contributed by atoms with Crippen LogP contribution in [0, 0.1) is 0 Å². The van der Waals surface area contributed by atoms with Gasteiger partial charge >= 0.3 is 0 Å². The third-order valence-corrected chi connectivity index (χ3v) is 4.80. The number of likely N-dealkylation sites (N-methyl/N-ethyl adjacent to an activating group) is 1. The van der Waals surface area contributed by atoms with Gasteiger partial charge in [-0.2, -0.15) is 0 Å². The van der Waals surface area contributed by atoms with Crippen molar-refractivity contribution in [3.63, 3.8) is 0 Å². The first-order valence-electron chi connectivity index (χ1n) is 9.51. The zero-order chi connectivity index (χ0) is 19.9. The van der Waals surface area contributed by atoms with Crippen LogP contribution < -0.4 is 18.9 Å². The van der Waals surface area contributed by atoms with E-state index in [1.54, 1.807) is 14.2 Å². The summed E-state index contributed by atoms with van der Waals surface area (Å²) in [6.07, 6.45) is 0.897. The molecule has 0 radical (unpaired) electrons. The van der Waals surface area contributed by atoms with E-state index in [0.717, 1.165) is 17.1 Å². The van der Waals surface area contributed by atoms with E-state index >= 15 is 0 Å². The van der Waals surface area contributed by atoms with Gasteiger partial charge < -0.3 is 23.8 Å². The molecule has 1 atom stereocenters. The number of hydrogen-bond acceptors (Lipinski definition) is 5. The molecule has 2 aromatic carbocycles. The fourth-order valence-electron chi connectivity index (χ4n) is 3.25. The van der Waals surface area contributed by atoms with Crippen LogP contribution in [0.25, 0.3) is 0 Å². The summed E-state index contributed by atoms with van der Waals surface area (Å²) in [5.41, 5.74) is 1.04. The van der Waals surface area contributed by atoms with Crippen LogP contribution >= 0.6 is 0 Å². The summed E-state index contributed by atoms with van der Waals surface area (Å²) in [6, 6.07) is 13.3. The second-order valence-electron chi connectivity index (χ2n) is 6.62. The molecule has 0 saturated heterocycles. The van der Waals surface area contributed by atoms with Crippen molar-refractivity contribution in [3.8, 4) is 23.0 Å². The van der Waals surface area contributed by atoms with Gasteiger partial charge in [-0.15, -0.1) is 0 Å². The van der Waals surface area contributed by atoms with Gasteiger partial charge in [-0.3, -0.25) is 4.79 Å². The molecule has 0 fully saturated rings. The third kappa shape index (κ3) is 4.68. The molecule has 0 spiro atoms. The fraction of sp³-hybridized carbons (Fsp3) is 0.409. The number of fused-ring (bicyclic) bond motifs is 1. The lowest BCUT2D eigenvalue weighted by Gasteiger charge is -2.31. The smallest absolute Gasteiger partial charge is 0.223 e. The fourth-order valence-corrected chi connectivity index (χ4v) is 3.25. The van der Waals surface area contributed by atoms with Crippen molar-refractivity contribution < 1.29 is 23.7 Å². The highest BCUT2D eigenvalue weighted by atomic mass is 16.6. The Morgan fingerprint density at radius 2 is 1.86 bits per heavy atom. The average Bonchev–Trinajstić information content (AvgIpc) is 2.75. The number of carbonyl (C=O) groups is 1. The quantitative estimate of drug-likeness (QED) is 0.698. The summed E-state index contributed by atoms with van der Waals surface area (Å²) in [5.74, 6) is 2.93. The molecule has 3 rings (SSSR count). The number of para-hydroxylation sites is 2. The molecule has 28 heavy (non-hydrogen) atoms. The number of amides is 1. The van der Waals surface area contributed by atoms with Crippen molar-refractivity contribution >= 4 is 5.91 Å². The summed E-state index contributed by atoms with van der Waals surface area (Å²) in [4.78, 5) is 14.5. The summed E-state index contributed by atoms with van der Waals surface area (Å²) >= 11 is 0. The van der Waals surface area contributed by atoms with Gasteiger partial charge in [0.2, 0.25) is 5.91 Å². The zero-order valence-electron chi connectivity index (χ0n) is 16.6. The Bertz CT molecular complexity index is 807. The first kappa shape index (κ1) is 19.9. The maximum absolute atomic E-state index is 12.7. The summed E-state index contributed by atoms with van der Waals surface area (Å²) in [5, 5.41) is 0. The molecule has 0 saturated carbocycles. The normalized spacial score (nSPS) is 15.0. The zero-order valence-corrected chi connectivity index (χ0v) is 16.6. The van der Waals surface area contributed by atoms with Crippen molar-refractivity contribution in [2.45, 2.75) is 25.9 Å². The number of methoxy groups -OCH3 is 2. The Hall–Kier alpha value is -2.89. The average molecular weight is 385 g/mol. The van der Waals surface area contributed by atoms with Crippen LogP contribution in [-0.4, -0.2) is 50.8 Å². The molecule has 1 aliphatic heterocycles. The van der Waals surface area contributed by atoms with Crippen LogP contribution in [0.15, 0.2) is 42.5 Å². The van der Waals surface area contributed by atoms with Gasteiger partial charge in [0.25, 0.3) is 0 Å². The van der Waals surface area contributed by atoms with Crippen LogP contribution in [-0.2, 0) is 11.2 Å². The predicted molar refractivity (Wildman–Crippen MR) is 106 cm³/mol. The third-order valence-electron chi connectivity index (χ3n) is 4.80. The minimum atomic E-state index is -0.167. The maximum Gasteiger partial charge on any atom is 0.223 e. The van der Waals surface area contributed by atoms with E-state index < -0.39 is 0 Å². The first-order valence-corrected chi connectivity index (χ1v) is 9.51. The van der Waals surface area contributed by atoms with E-state index in [1.165, 1.54) is 0 Å². The molecule has 6 nitrogen and oxygen atoms in total. The molecular formula is C22H27NO5. The van der Waals surface area contributed by atoms with Crippen LogP contribution in [0.4, 0.5) is 0 Å². The van der Waals surface area contributed by atoms with E-state index in [9.17, 15) is 4.79 Å². The Morgan fingerprint density at radius 3 is 2.57 bits per heavy atom. The molecule has 0 aliphatic carbocycles. The molecule has 2 aromatic rings. The van der Waals surface area contributed by atoms with E-state index in [0.29, 0.717) is 44.0 Å². The second kappa shape index (κ2) is 9.35. The monoisotopic (exact) mass is 385 g/mol. The van der Waals surface area contributed by atoms with Crippen molar-refractivity contribution in [2.24, 2.45) is 0 Å². The van der Waals surface area contributed by atoms with Crippen LogP contribution in [0.5, 0.6) is 23.0 Å². The predicted octanol–water partition coefficient (Wildman–Crippen LogP) is 3.32. The van der Waals surface area contributed by atoms with Gasteiger partial charge in [-0.05, 0) is 43.2 Å². The second-order valence-corrected chi connectivity index (χ2v) is 6.62. The Kier molecular flexibility index (Phi) is 6.63. The Morgan fingerprint density at radius 1 is 1.11 bits per heavy atom. The van der Waals surface area contributed by atoms with Crippen LogP contribution in [0.1, 0.15) is 18.9 Å². The van der Waals surface area contributed by atoms with Gasteiger partial charge in [0, 0.05) is 13.0 Å². The van der Waals surface area contributed by atoms with Gasteiger partial charge in [0.1, 0.15) is 6.61 Å². The molecule has 1 aliphatic rings. The number of aryl methyl sites for hydroxylation is 1. The highest BCUT2D eigenvalue weighted by molar-refractivity contribution is 5.76. The molecule has 0 bridgehead atoms. The SMILES string of the molecule is CCN(CC1COc2ccccc2O1)C(=O)CCc1ccc(OC)c(OC)c1. The van der Waals surface area contributed by atoms with E-state index in [1.807, 2.05) is 54.3 Å². The highest BCUT2D eigenvalue weighted by Gasteiger charge is 2.24. The molecule has 1 heterocycles. The molecule has 0 N–H and O–H groups in total. The summed E-state index contributed by atoms with van der Waals surface area (Å²) in [7, 11) is 3.21. The summed E-state index contributed by atoms with van der Waals surface area (Å²) in [6.45, 7) is 3.56. The number of nitrogens with zero attached hydrogens (tertiary/aromatic N) is 1. The Balaban J connectivity index is 1.55. The van der Waals surface area contributed by atoms with E-state index in [2.05, 4.69) is 0 Å². The largest absolute Gasteiger partial charge is 0.493 e. The van der Waals surface area contributed by atoms with Crippen molar-refractivity contribution in [3.05, 3.63) is 48.0 Å². The Labute approximate surface area is 166 Å². The van der Waals surface area contributed by atoms with Crippen molar-refractivity contribution in [1.82, 2.24) is 4.90 Å². The van der Waals surface area contributed by atoms with Gasteiger partial charge in [-0.25, -0.2) is 0 Å². The molecule has 1 unspecified atom stereocenters.